The number of nitrogen functional groups attached to an aromatic ring is 1. The molecule has 1 saturated heterocycles. The van der Waals surface area contributed by atoms with Crippen LogP contribution in [0, 0.1) is 11.7 Å². The number of hydrogen-bond donors (Lipinski definition) is 2. The normalized spacial score (nSPS) is 14.4. The van der Waals surface area contributed by atoms with Crippen LogP contribution in [0.4, 0.5) is 29.1 Å². The Labute approximate surface area is 233 Å². The van der Waals surface area contributed by atoms with Gasteiger partial charge in [0.2, 0.25) is 5.91 Å². The van der Waals surface area contributed by atoms with Crippen LogP contribution in [0.1, 0.15) is 31.0 Å². The molecule has 4 aromatic rings. The number of benzene rings is 2. The number of halogens is 4. The lowest BCUT2D eigenvalue weighted by Gasteiger charge is -2.35. The highest BCUT2D eigenvalue weighted by atomic mass is 19.4. The van der Waals surface area contributed by atoms with Crippen molar-refractivity contribution < 1.29 is 27.1 Å². The Hall–Kier alpha value is -4.26. The Morgan fingerprint density at radius 2 is 1.93 bits per heavy atom. The number of anilines is 2. The fourth-order valence-electron chi connectivity index (χ4n) is 4.84. The number of alkyl halides is 3. The first-order valence-corrected chi connectivity index (χ1v) is 13.0. The highest BCUT2D eigenvalue weighted by Gasteiger charge is 2.32. The predicted octanol–water partition coefficient (Wildman–Crippen LogP) is 4.94. The summed E-state index contributed by atoms with van der Waals surface area (Å²) in [4.78, 5) is 23.1. The summed E-state index contributed by atoms with van der Waals surface area (Å²) in [6.07, 6.45) is -3.71. The molecule has 1 fully saturated rings. The molecule has 1 aliphatic heterocycles. The summed E-state index contributed by atoms with van der Waals surface area (Å²) >= 11 is 0. The molecule has 1 aliphatic rings. The van der Waals surface area contributed by atoms with Crippen LogP contribution in [0.3, 0.4) is 0 Å². The molecule has 5 rings (SSSR count). The Morgan fingerprint density at radius 3 is 2.59 bits per heavy atom. The minimum absolute atomic E-state index is 0.00322. The molecule has 2 aromatic carbocycles. The number of nitrogens with two attached hydrogens (primary N) is 1. The van der Waals surface area contributed by atoms with Gasteiger partial charge >= 0.3 is 6.18 Å². The molecule has 13 heteroatoms. The molecule has 0 aliphatic carbocycles. The molecular weight excluding hydrogens is 542 g/mol. The van der Waals surface area contributed by atoms with Gasteiger partial charge in [0.15, 0.2) is 5.65 Å². The second kappa shape index (κ2) is 11.0. The maximum absolute atomic E-state index is 15.2. The van der Waals surface area contributed by atoms with Crippen LogP contribution >= 0.6 is 0 Å². The van der Waals surface area contributed by atoms with E-state index in [0.29, 0.717) is 22.3 Å². The quantitative estimate of drug-likeness (QED) is 0.288. The van der Waals surface area contributed by atoms with Crippen LogP contribution in [0.15, 0.2) is 42.7 Å². The highest BCUT2D eigenvalue weighted by molar-refractivity contribution is 5.98. The van der Waals surface area contributed by atoms with Crippen molar-refractivity contribution >= 4 is 28.4 Å². The zero-order valence-electron chi connectivity index (χ0n) is 22.7. The first-order valence-electron chi connectivity index (χ1n) is 13.0. The fraction of sp³-hybridized carbons (Fsp3) is 0.357. The monoisotopic (exact) mass is 571 g/mol. The van der Waals surface area contributed by atoms with E-state index in [1.807, 2.05) is 20.9 Å². The topological polar surface area (TPSA) is 111 Å². The van der Waals surface area contributed by atoms with Gasteiger partial charge in [0.25, 0.3) is 0 Å². The average Bonchev–Trinajstić information content (AvgIpc) is 3.28. The lowest BCUT2D eigenvalue weighted by atomic mass is 10.0. The van der Waals surface area contributed by atoms with Crippen molar-refractivity contribution in [2.24, 2.45) is 5.92 Å². The summed E-state index contributed by atoms with van der Waals surface area (Å²) in [5.41, 5.74) is 6.40. The third-order valence-corrected chi connectivity index (χ3v) is 6.83. The molecule has 9 nitrogen and oxygen atoms in total. The second-order valence-corrected chi connectivity index (χ2v) is 10.5. The van der Waals surface area contributed by atoms with Crippen molar-refractivity contribution in [2.45, 2.75) is 32.5 Å². The van der Waals surface area contributed by atoms with Crippen LogP contribution in [0.25, 0.3) is 22.3 Å². The van der Waals surface area contributed by atoms with Gasteiger partial charge in [0.05, 0.1) is 24.0 Å². The van der Waals surface area contributed by atoms with Gasteiger partial charge in [-0.2, -0.15) is 18.3 Å². The largest absolute Gasteiger partial charge is 0.493 e. The Balaban J connectivity index is 1.34. The van der Waals surface area contributed by atoms with Crippen LogP contribution in [0.2, 0.25) is 0 Å². The number of likely N-dealkylation sites (tertiary alicyclic amines) is 1. The van der Waals surface area contributed by atoms with Crippen molar-refractivity contribution in [3.05, 3.63) is 59.7 Å². The molecule has 3 heterocycles. The molecule has 1 amide bonds. The zero-order valence-corrected chi connectivity index (χ0v) is 22.7. The summed E-state index contributed by atoms with van der Waals surface area (Å²) in [7, 11) is 1.94. The molecule has 216 valence electrons. The van der Waals surface area contributed by atoms with E-state index in [0.717, 1.165) is 25.2 Å². The third-order valence-electron chi connectivity index (χ3n) is 6.83. The summed E-state index contributed by atoms with van der Waals surface area (Å²) in [5.74, 6) is -0.949. The van der Waals surface area contributed by atoms with Crippen LogP contribution in [-0.2, 0) is 17.4 Å². The molecule has 0 saturated carbocycles. The van der Waals surface area contributed by atoms with Gasteiger partial charge < -0.3 is 20.7 Å². The molecule has 0 unspecified atom stereocenters. The first kappa shape index (κ1) is 28.3. The smallest absolute Gasteiger partial charge is 0.416 e. The number of carbonyl (C=O) groups is 1. The number of ether oxygens (including phenoxy) is 1. The minimum atomic E-state index is -4.64. The molecule has 41 heavy (non-hydrogen) atoms. The average molecular weight is 572 g/mol. The summed E-state index contributed by atoms with van der Waals surface area (Å²) in [5, 5.41) is 7.49. The SMILES string of the molecule is CC(C)n1nc(-c2ccc(CC(=O)Nc3cc(OCC4CN(C)C4)cc(C(F)(F)F)c3)c(F)c2)c2c(N)ncnc21. The molecule has 2 aromatic heterocycles. The zero-order chi connectivity index (χ0) is 29.5. The molecule has 0 bridgehead atoms. The van der Waals surface area contributed by atoms with Crippen molar-refractivity contribution in [3.63, 3.8) is 0 Å². The number of nitrogens with zero attached hydrogens (tertiary/aromatic N) is 5. The Bertz CT molecular complexity index is 1600. The van der Waals surface area contributed by atoms with E-state index < -0.39 is 29.9 Å². The predicted molar refractivity (Wildman–Crippen MR) is 146 cm³/mol. The van der Waals surface area contributed by atoms with E-state index in [2.05, 4.69) is 25.3 Å². The maximum atomic E-state index is 15.2. The summed E-state index contributed by atoms with van der Waals surface area (Å²) < 4.78 is 63.0. The number of hydrogen-bond acceptors (Lipinski definition) is 7. The number of nitrogens with one attached hydrogen (secondary N) is 1. The number of amides is 1. The number of fused-ring (bicyclic) bond motifs is 1. The molecular formula is C28H29F4N7O2. The summed E-state index contributed by atoms with van der Waals surface area (Å²) in [6.45, 7) is 5.69. The molecule has 0 spiro atoms. The van der Waals surface area contributed by atoms with Gasteiger partial charge in [-0.25, -0.2) is 19.0 Å². The number of carbonyl (C=O) groups excluding carboxylic acids is 1. The van der Waals surface area contributed by atoms with Crippen LogP contribution in [0.5, 0.6) is 5.75 Å². The van der Waals surface area contributed by atoms with Crippen molar-refractivity contribution in [3.8, 4) is 17.0 Å². The third kappa shape index (κ3) is 6.09. The van der Waals surface area contributed by atoms with E-state index in [1.54, 1.807) is 10.7 Å². The minimum Gasteiger partial charge on any atom is -0.493 e. The fourth-order valence-corrected chi connectivity index (χ4v) is 4.84. The summed E-state index contributed by atoms with van der Waals surface area (Å²) in [6, 6.07) is 7.27. The number of rotatable bonds is 8. The van der Waals surface area contributed by atoms with E-state index in [9.17, 15) is 18.0 Å². The Kier molecular flexibility index (Phi) is 7.56. The molecule has 0 radical (unpaired) electrons. The van der Waals surface area contributed by atoms with Crippen molar-refractivity contribution in [1.29, 1.82) is 0 Å². The van der Waals surface area contributed by atoms with Gasteiger partial charge in [-0.1, -0.05) is 12.1 Å². The number of aromatic nitrogens is 4. The van der Waals surface area contributed by atoms with Gasteiger partial charge in [-0.05, 0) is 44.7 Å². The Morgan fingerprint density at radius 1 is 1.17 bits per heavy atom. The maximum Gasteiger partial charge on any atom is 0.416 e. The lowest BCUT2D eigenvalue weighted by Crippen LogP contribution is -2.46. The standard InChI is InChI=1S/C28H29F4N7O2/c1-15(2)39-27-24(26(33)34-14-35-27)25(37-39)18-5-4-17(22(29)6-18)7-23(40)36-20-8-19(28(30,31)32)9-21(10-20)41-13-16-11-38(3)12-16/h4-6,8-10,14-16H,7,11-13H2,1-3H3,(H,36,40)(H2,33,34,35). The molecule has 3 N–H and O–H groups in total. The highest BCUT2D eigenvalue weighted by Crippen LogP contribution is 2.35. The molecule has 0 atom stereocenters. The first-order chi connectivity index (χ1) is 19.4. The van der Waals surface area contributed by atoms with Gasteiger partial charge in [0, 0.05) is 42.4 Å². The van der Waals surface area contributed by atoms with Crippen molar-refractivity contribution in [1.82, 2.24) is 24.6 Å². The van der Waals surface area contributed by atoms with E-state index in [4.69, 9.17) is 10.5 Å². The lowest BCUT2D eigenvalue weighted by molar-refractivity contribution is -0.137. The second-order valence-electron chi connectivity index (χ2n) is 10.5. The van der Waals surface area contributed by atoms with E-state index >= 15 is 4.39 Å². The van der Waals surface area contributed by atoms with Crippen LogP contribution < -0.4 is 15.8 Å². The van der Waals surface area contributed by atoms with Gasteiger partial charge in [-0.3, -0.25) is 4.79 Å². The van der Waals surface area contributed by atoms with Crippen LogP contribution in [-0.4, -0.2) is 57.3 Å². The van der Waals surface area contributed by atoms with E-state index in [1.165, 1.54) is 24.5 Å². The van der Waals surface area contributed by atoms with Gasteiger partial charge in [0.1, 0.15) is 29.4 Å². The van der Waals surface area contributed by atoms with E-state index in [-0.39, 0.29) is 41.4 Å². The van der Waals surface area contributed by atoms with Crippen molar-refractivity contribution in [2.75, 3.05) is 37.8 Å². The van der Waals surface area contributed by atoms with Gasteiger partial charge in [-0.15, -0.1) is 0 Å².